The van der Waals surface area contributed by atoms with Crippen LogP contribution in [0.3, 0.4) is 0 Å². The molecule has 82 valence electrons. The van der Waals surface area contributed by atoms with E-state index in [1.165, 1.54) is 11.5 Å². The number of aromatic nitrogens is 1. The van der Waals surface area contributed by atoms with Crippen molar-refractivity contribution in [3.8, 4) is 6.07 Å². The molecule has 0 bridgehead atoms. The van der Waals surface area contributed by atoms with E-state index in [0.717, 1.165) is 17.8 Å². The van der Waals surface area contributed by atoms with Gasteiger partial charge >= 0.3 is 0 Å². The van der Waals surface area contributed by atoms with Crippen LogP contribution < -0.4 is 4.90 Å². The molecule has 1 rings (SSSR count). The molecule has 0 aromatic carbocycles. The van der Waals surface area contributed by atoms with Gasteiger partial charge in [0.25, 0.3) is 0 Å². The first-order valence-electron chi connectivity index (χ1n) is 4.93. The lowest BCUT2D eigenvalue weighted by molar-refractivity contribution is 0.594. The molecule has 0 atom stereocenters. The molecule has 0 aliphatic carbocycles. The topological polar surface area (TPSA) is 39.9 Å². The second kappa shape index (κ2) is 5.34. The van der Waals surface area contributed by atoms with E-state index in [9.17, 15) is 0 Å². The Kier molecular flexibility index (Phi) is 4.37. The van der Waals surface area contributed by atoms with E-state index in [1.54, 1.807) is 0 Å². The van der Waals surface area contributed by atoms with Gasteiger partial charge < -0.3 is 4.90 Å². The molecule has 15 heavy (non-hydrogen) atoms. The molecule has 1 heterocycles. The van der Waals surface area contributed by atoms with Crippen LogP contribution in [-0.4, -0.2) is 17.5 Å². The van der Waals surface area contributed by atoms with Gasteiger partial charge in [-0.15, -0.1) is 0 Å². The molecular formula is C10H14ClN3S. The van der Waals surface area contributed by atoms with Crippen LogP contribution in [0, 0.1) is 11.3 Å². The van der Waals surface area contributed by atoms with Crippen molar-refractivity contribution in [2.45, 2.75) is 32.7 Å². The molecule has 0 saturated carbocycles. The number of rotatable bonds is 4. The molecule has 0 aliphatic rings. The average molecular weight is 244 g/mol. The summed E-state index contributed by atoms with van der Waals surface area (Å²) in [6.07, 6.45) is 2.10. The number of nitrogens with zero attached hydrogens (tertiary/aromatic N) is 3. The van der Waals surface area contributed by atoms with Crippen LogP contribution in [0.2, 0.25) is 5.15 Å². The predicted octanol–water partition coefficient (Wildman–Crippen LogP) is 3.29. The van der Waals surface area contributed by atoms with Crippen molar-refractivity contribution in [3.63, 3.8) is 0 Å². The predicted molar refractivity (Wildman–Crippen MR) is 64.6 cm³/mol. The van der Waals surface area contributed by atoms with Gasteiger partial charge in [-0.25, -0.2) is 0 Å². The number of hydrogen-bond acceptors (Lipinski definition) is 4. The highest BCUT2D eigenvalue weighted by Gasteiger charge is 2.19. The molecule has 3 nitrogen and oxygen atoms in total. The summed E-state index contributed by atoms with van der Waals surface area (Å²) in [6.45, 7) is 4.28. The summed E-state index contributed by atoms with van der Waals surface area (Å²) >= 11 is 7.12. The van der Waals surface area contributed by atoms with Gasteiger partial charge in [0.05, 0.1) is 0 Å². The summed E-state index contributed by atoms with van der Waals surface area (Å²) in [6, 6.07) is 2.54. The van der Waals surface area contributed by atoms with Crippen LogP contribution in [0.1, 0.15) is 32.3 Å². The zero-order chi connectivity index (χ0) is 11.4. The lowest BCUT2D eigenvalue weighted by atomic mass is 10.1. The fourth-order valence-electron chi connectivity index (χ4n) is 1.60. The highest BCUT2D eigenvalue weighted by atomic mass is 35.5. The first-order valence-corrected chi connectivity index (χ1v) is 6.08. The minimum absolute atomic E-state index is 0.315. The molecular weight excluding hydrogens is 230 g/mol. The Labute approximate surface area is 99.4 Å². The van der Waals surface area contributed by atoms with Crippen LogP contribution in [-0.2, 0) is 0 Å². The lowest BCUT2D eigenvalue weighted by Gasteiger charge is -2.26. The van der Waals surface area contributed by atoms with Gasteiger partial charge in [-0.3, -0.25) is 0 Å². The van der Waals surface area contributed by atoms with Gasteiger partial charge in [0, 0.05) is 13.1 Å². The van der Waals surface area contributed by atoms with Crippen LogP contribution >= 0.6 is 23.1 Å². The minimum atomic E-state index is 0.315. The highest BCUT2D eigenvalue weighted by Crippen LogP contribution is 2.32. The quantitative estimate of drug-likeness (QED) is 0.815. The zero-order valence-corrected chi connectivity index (χ0v) is 10.7. The van der Waals surface area contributed by atoms with Crippen molar-refractivity contribution in [2.24, 2.45) is 0 Å². The maximum Gasteiger partial charge on any atom is 0.162 e. The molecule has 0 aliphatic heterocycles. The summed E-state index contributed by atoms with van der Waals surface area (Å²) in [4.78, 5) is 2.10. The third-order valence-corrected chi connectivity index (χ3v) is 3.87. The minimum Gasteiger partial charge on any atom is -0.361 e. The summed E-state index contributed by atoms with van der Waals surface area (Å²) in [5.41, 5.74) is 0.496. The van der Waals surface area contributed by atoms with Crippen molar-refractivity contribution in [1.82, 2.24) is 4.37 Å². The molecule has 1 aromatic heterocycles. The zero-order valence-electron chi connectivity index (χ0n) is 9.12. The first kappa shape index (κ1) is 12.3. The molecule has 0 unspecified atom stereocenters. The van der Waals surface area contributed by atoms with E-state index >= 15 is 0 Å². The number of anilines is 1. The van der Waals surface area contributed by atoms with Gasteiger partial charge in [-0.2, -0.15) is 9.64 Å². The van der Waals surface area contributed by atoms with Crippen molar-refractivity contribution in [3.05, 3.63) is 10.7 Å². The van der Waals surface area contributed by atoms with Gasteiger partial charge in [0.15, 0.2) is 5.15 Å². The Hall–Kier alpha value is -0.790. The normalized spacial score (nSPS) is 10.4. The molecule has 0 spiro atoms. The van der Waals surface area contributed by atoms with E-state index in [4.69, 9.17) is 16.9 Å². The maximum absolute atomic E-state index is 8.97. The number of nitriles is 1. The second-order valence-electron chi connectivity index (χ2n) is 3.35. The van der Waals surface area contributed by atoms with Crippen molar-refractivity contribution in [1.29, 1.82) is 5.26 Å². The van der Waals surface area contributed by atoms with Gasteiger partial charge in [-0.1, -0.05) is 25.4 Å². The Bertz CT molecular complexity index is 365. The lowest BCUT2D eigenvalue weighted by Crippen LogP contribution is -2.30. The Morgan fingerprint density at radius 3 is 2.60 bits per heavy atom. The van der Waals surface area contributed by atoms with Gasteiger partial charge in [-0.05, 0) is 24.4 Å². The summed E-state index contributed by atoms with van der Waals surface area (Å²) < 4.78 is 4.00. The molecule has 0 amide bonds. The molecule has 0 N–H and O–H groups in total. The van der Waals surface area contributed by atoms with E-state index in [0.29, 0.717) is 16.8 Å². The Morgan fingerprint density at radius 1 is 1.53 bits per heavy atom. The largest absolute Gasteiger partial charge is 0.361 e. The second-order valence-corrected chi connectivity index (χ2v) is 4.46. The van der Waals surface area contributed by atoms with E-state index in [-0.39, 0.29) is 0 Å². The number of halogens is 1. The van der Waals surface area contributed by atoms with Crippen LogP contribution in [0.15, 0.2) is 0 Å². The highest BCUT2D eigenvalue weighted by molar-refractivity contribution is 7.10. The van der Waals surface area contributed by atoms with E-state index < -0.39 is 0 Å². The van der Waals surface area contributed by atoms with E-state index in [1.807, 2.05) is 7.05 Å². The van der Waals surface area contributed by atoms with Crippen LogP contribution in [0.25, 0.3) is 0 Å². The monoisotopic (exact) mass is 243 g/mol. The Balaban J connectivity index is 3.00. The fourth-order valence-corrected chi connectivity index (χ4v) is 2.66. The summed E-state index contributed by atoms with van der Waals surface area (Å²) in [5.74, 6) is 0. The van der Waals surface area contributed by atoms with Crippen LogP contribution in [0.4, 0.5) is 5.00 Å². The summed E-state index contributed by atoms with van der Waals surface area (Å²) in [5, 5.41) is 10.2. The SMILES string of the molecule is CCC(CC)N(C)c1snc(Cl)c1C#N. The Morgan fingerprint density at radius 2 is 2.13 bits per heavy atom. The number of hydrogen-bond donors (Lipinski definition) is 0. The average Bonchev–Trinajstić information content (AvgIpc) is 2.61. The van der Waals surface area contributed by atoms with Crippen LogP contribution in [0.5, 0.6) is 0 Å². The molecule has 0 fully saturated rings. The smallest absolute Gasteiger partial charge is 0.162 e. The van der Waals surface area contributed by atoms with E-state index in [2.05, 4.69) is 29.2 Å². The van der Waals surface area contributed by atoms with Gasteiger partial charge in [0.1, 0.15) is 16.6 Å². The first-order chi connectivity index (χ1) is 7.15. The molecule has 1 aromatic rings. The molecule has 0 saturated heterocycles. The third kappa shape index (κ3) is 2.42. The fraction of sp³-hybridized carbons (Fsp3) is 0.600. The van der Waals surface area contributed by atoms with Gasteiger partial charge in [0.2, 0.25) is 0 Å². The third-order valence-electron chi connectivity index (χ3n) is 2.55. The van der Waals surface area contributed by atoms with Crippen molar-refractivity contribution in [2.75, 3.05) is 11.9 Å². The van der Waals surface area contributed by atoms with Crippen molar-refractivity contribution < 1.29 is 0 Å². The summed E-state index contributed by atoms with van der Waals surface area (Å²) in [7, 11) is 1.99. The van der Waals surface area contributed by atoms with Crippen molar-refractivity contribution >= 4 is 28.1 Å². The maximum atomic E-state index is 8.97. The molecule has 5 heteroatoms. The molecule has 0 radical (unpaired) electrons. The standard InChI is InChI=1S/C10H14ClN3S/c1-4-7(5-2)14(3)10-8(6-12)9(11)13-15-10/h7H,4-5H2,1-3H3.